The van der Waals surface area contributed by atoms with E-state index in [-0.39, 0.29) is 18.0 Å². The van der Waals surface area contributed by atoms with Crippen LogP contribution < -0.4 is 10.9 Å². The Kier molecular flexibility index (Phi) is 7.47. The Bertz CT molecular complexity index is 1390. The van der Waals surface area contributed by atoms with Gasteiger partial charge in [-0.2, -0.15) is 5.10 Å². The molecule has 7 nitrogen and oxygen atoms in total. The third-order valence-corrected chi connectivity index (χ3v) is 7.41. The molecule has 188 valence electrons. The molecule has 0 bridgehead atoms. The summed E-state index contributed by atoms with van der Waals surface area (Å²) < 4.78 is 3.33. The second kappa shape index (κ2) is 11.1. The van der Waals surface area contributed by atoms with Crippen molar-refractivity contribution in [3.63, 3.8) is 0 Å². The van der Waals surface area contributed by atoms with E-state index in [0.29, 0.717) is 24.6 Å². The molecule has 2 aromatic carbocycles. The monoisotopic (exact) mass is 485 g/mol. The lowest BCUT2D eigenvalue weighted by Crippen LogP contribution is -2.41. The largest absolute Gasteiger partial charge is 0.354 e. The number of nitrogens with one attached hydrogen (secondary N) is 1. The quantitative estimate of drug-likeness (QED) is 0.361. The predicted octanol–water partition coefficient (Wildman–Crippen LogP) is 4.17. The molecule has 1 amide bonds. The molecule has 5 rings (SSSR count). The molecule has 1 atom stereocenters. The summed E-state index contributed by atoms with van der Waals surface area (Å²) in [6.45, 7) is 5.52. The molecule has 0 spiro atoms. The Morgan fingerprint density at radius 3 is 2.69 bits per heavy atom. The zero-order valence-corrected chi connectivity index (χ0v) is 21.0. The van der Waals surface area contributed by atoms with E-state index >= 15 is 0 Å². The van der Waals surface area contributed by atoms with Crippen LogP contribution in [0.1, 0.15) is 44.6 Å². The number of hydrogen-bond acceptors (Lipinski definition) is 4. The minimum absolute atomic E-state index is 0.0804. The van der Waals surface area contributed by atoms with Gasteiger partial charge in [-0.15, -0.1) is 0 Å². The summed E-state index contributed by atoms with van der Waals surface area (Å²) in [6.07, 6.45) is 7.68. The van der Waals surface area contributed by atoms with Crippen LogP contribution in [0.5, 0.6) is 0 Å². The Labute approximate surface area is 211 Å². The Balaban J connectivity index is 1.31. The lowest BCUT2D eigenvalue weighted by atomic mass is 10.00. The van der Waals surface area contributed by atoms with Crippen molar-refractivity contribution in [2.45, 2.75) is 58.2 Å². The van der Waals surface area contributed by atoms with Crippen molar-refractivity contribution in [3.05, 3.63) is 76.7 Å². The van der Waals surface area contributed by atoms with Crippen molar-refractivity contribution in [1.29, 1.82) is 0 Å². The Morgan fingerprint density at radius 1 is 1.06 bits per heavy atom. The van der Waals surface area contributed by atoms with Crippen molar-refractivity contribution >= 4 is 27.7 Å². The lowest BCUT2D eigenvalue weighted by molar-refractivity contribution is -0.121. The number of likely N-dealkylation sites (tertiary alicyclic amines) is 1. The minimum Gasteiger partial charge on any atom is -0.354 e. The van der Waals surface area contributed by atoms with Gasteiger partial charge in [-0.1, -0.05) is 61.9 Å². The highest BCUT2D eigenvalue weighted by Crippen LogP contribution is 2.27. The second-order valence-corrected chi connectivity index (χ2v) is 9.76. The van der Waals surface area contributed by atoms with Crippen LogP contribution in [-0.2, 0) is 17.9 Å². The van der Waals surface area contributed by atoms with Gasteiger partial charge in [-0.05, 0) is 43.9 Å². The molecule has 0 saturated carbocycles. The van der Waals surface area contributed by atoms with Gasteiger partial charge >= 0.3 is 0 Å². The molecule has 1 aliphatic rings. The number of para-hydroxylation sites is 1. The molecule has 2 aromatic heterocycles. The molecular weight excluding hydrogens is 450 g/mol. The number of fused-ring (bicyclic) bond motifs is 3. The lowest BCUT2D eigenvalue weighted by Gasteiger charge is -2.35. The van der Waals surface area contributed by atoms with Crippen molar-refractivity contribution in [3.8, 4) is 0 Å². The highest BCUT2D eigenvalue weighted by molar-refractivity contribution is 6.07. The smallest absolute Gasteiger partial charge is 0.291 e. The number of nitrogens with zero attached hydrogens (tertiary/aromatic N) is 4. The first-order valence-corrected chi connectivity index (χ1v) is 13.2. The molecule has 1 N–H and O–H groups in total. The number of piperidine rings is 1. The van der Waals surface area contributed by atoms with Crippen LogP contribution in [0.25, 0.3) is 21.8 Å². The summed E-state index contributed by atoms with van der Waals surface area (Å²) >= 11 is 0. The van der Waals surface area contributed by atoms with Gasteiger partial charge in [-0.25, -0.2) is 4.68 Å². The fraction of sp³-hybridized carbons (Fsp3) is 0.414. The number of amides is 1. The maximum atomic E-state index is 13.5. The third kappa shape index (κ3) is 5.07. The van der Waals surface area contributed by atoms with Crippen LogP contribution in [0.3, 0.4) is 0 Å². The van der Waals surface area contributed by atoms with E-state index in [2.05, 4.69) is 34.4 Å². The van der Waals surface area contributed by atoms with Gasteiger partial charge in [-0.3, -0.25) is 9.59 Å². The highest BCUT2D eigenvalue weighted by atomic mass is 16.2. The summed E-state index contributed by atoms with van der Waals surface area (Å²) in [6, 6.07) is 18.8. The van der Waals surface area contributed by atoms with E-state index in [4.69, 9.17) is 0 Å². The van der Waals surface area contributed by atoms with E-state index in [1.165, 1.54) is 30.4 Å². The maximum absolute atomic E-state index is 13.5. The maximum Gasteiger partial charge on any atom is 0.291 e. The van der Waals surface area contributed by atoms with Gasteiger partial charge in [0.2, 0.25) is 5.91 Å². The number of aromatic nitrogens is 3. The van der Waals surface area contributed by atoms with Gasteiger partial charge in [0.15, 0.2) is 0 Å². The first-order valence-electron chi connectivity index (χ1n) is 13.2. The molecule has 1 saturated heterocycles. The van der Waals surface area contributed by atoms with Gasteiger partial charge < -0.3 is 14.8 Å². The van der Waals surface area contributed by atoms with E-state index < -0.39 is 0 Å². The van der Waals surface area contributed by atoms with E-state index in [1.54, 1.807) is 6.20 Å². The molecule has 0 radical (unpaired) electrons. The average Bonchev–Trinajstić information content (AvgIpc) is 3.23. The summed E-state index contributed by atoms with van der Waals surface area (Å²) in [7, 11) is 0. The highest BCUT2D eigenvalue weighted by Gasteiger charge is 2.20. The fourth-order valence-electron chi connectivity index (χ4n) is 5.56. The van der Waals surface area contributed by atoms with Crippen molar-refractivity contribution < 1.29 is 4.79 Å². The molecule has 4 aromatic rings. The first-order chi connectivity index (χ1) is 17.7. The van der Waals surface area contributed by atoms with Crippen molar-refractivity contribution in [2.24, 2.45) is 0 Å². The van der Waals surface area contributed by atoms with Crippen molar-refractivity contribution in [2.75, 3.05) is 19.6 Å². The van der Waals surface area contributed by atoms with E-state index in [1.807, 2.05) is 47.0 Å². The number of carbonyl (C=O) groups is 1. The van der Waals surface area contributed by atoms with E-state index in [0.717, 1.165) is 41.4 Å². The topological polar surface area (TPSA) is 72.2 Å². The molecule has 7 heteroatoms. The number of carbonyl (C=O) groups excluding carboxylic acids is 1. The van der Waals surface area contributed by atoms with Gasteiger partial charge in [0.1, 0.15) is 12.1 Å². The van der Waals surface area contributed by atoms with E-state index in [9.17, 15) is 9.59 Å². The second-order valence-electron chi connectivity index (χ2n) is 9.76. The normalized spacial score (nSPS) is 16.5. The molecule has 0 unspecified atom stereocenters. The summed E-state index contributed by atoms with van der Waals surface area (Å²) in [5, 5.41) is 9.16. The number of rotatable bonds is 9. The summed E-state index contributed by atoms with van der Waals surface area (Å²) in [5.41, 5.74) is 2.44. The zero-order chi connectivity index (χ0) is 24.9. The zero-order valence-electron chi connectivity index (χ0n) is 21.0. The minimum atomic E-state index is -0.242. The molecule has 36 heavy (non-hydrogen) atoms. The fourth-order valence-corrected chi connectivity index (χ4v) is 5.56. The van der Waals surface area contributed by atoms with Crippen LogP contribution in [0.4, 0.5) is 0 Å². The number of hydrogen-bond donors (Lipinski definition) is 1. The summed E-state index contributed by atoms with van der Waals surface area (Å²) in [5.74, 6) is -0.180. The van der Waals surface area contributed by atoms with Gasteiger partial charge in [0.25, 0.3) is 5.56 Å². The SMILES string of the molecule is CC[C@@H]1CCCCN1CCCNC(=O)Cn1ncc2c3ccccc3n(Cc3ccccc3)c2c1=O. The first kappa shape index (κ1) is 24.3. The molecule has 0 aliphatic carbocycles. The van der Waals surface area contributed by atoms with Crippen LogP contribution in [-0.4, -0.2) is 50.8 Å². The molecular formula is C29H35N5O2. The third-order valence-electron chi connectivity index (χ3n) is 7.41. The molecule has 1 fully saturated rings. The van der Waals surface area contributed by atoms with Crippen molar-refractivity contribution in [1.82, 2.24) is 24.6 Å². The summed E-state index contributed by atoms with van der Waals surface area (Å²) in [4.78, 5) is 28.8. The van der Waals surface area contributed by atoms with Crippen LogP contribution in [0.2, 0.25) is 0 Å². The van der Waals surface area contributed by atoms with Crippen LogP contribution in [0, 0.1) is 0 Å². The number of benzene rings is 2. The Hall–Kier alpha value is -3.45. The molecule has 3 heterocycles. The van der Waals surface area contributed by atoms with Crippen LogP contribution >= 0.6 is 0 Å². The van der Waals surface area contributed by atoms with Crippen LogP contribution in [0.15, 0.2) is 65.6 Å². The standard InChI is InChI=1S/C29H35N5O2/c1-2-23-13-8-9-17-32(23)18-10-16-30-27(35)21-34-29(36)28-25(19-31-34)24-14-6-7-15-26(24)33(28)20-22-11-4-3-5-12-22/h3-7,11-12,14-15,19,23H,2,8-10,13,16-18,20-21H2,1H3,(H,30,35)/t23-/m1/s1. The van der Waals surface area contributed by atoms with Gasteiger partial charge in [0.05, 0.1) is 6.20 Å². The Morgan fingerprint density at radius 2 is 1.86 bits per heavy atom. The van der Waals surface area contributed by atoms with Gasteiger partial charge in [0, 0.05) is 42.0 Å². The predicted molar refractivity (Wildman–Crippen MR) is 144 cm³/mol. The average molecular weight is 486 g/mol. The molecule has 1 aliphatic heterocycles.